The molecule has 120 valence electrons. The van der Waals surface area contributed by atoms with Crippen molar-refractivity contribution in [3.63, 3.8) is 0 Å². The Bertz CT molecular complexity index is 620. The van der Waals surface area contributed by atoms with Crippen LogP contribution in [0.1, 0.15) is 35.2 Å². The number of carbonyl (C=O) groups is 1. The number of carbonyl (C=O) groups excluding carboxylic acids is 1. The van der Waals surface area contributed by atoms with Crippen LogP contribution < -0.4 is 10.2 Å². The lowest BCUT2D eigenvalue weighted by molar-refractivity contribution is 0.0750. The van der Waals surface area contributed by atoms with Crippen molar-refractivity contribution in [1.29, 1.82) is 0 Å². The highest BCUT2D eigenvalue weighted by molar-refractivity contribution is 5.93. The first-order valence-corrected chi connectivity index (χ1v) is 8.14. The molecule has 23 heavy (non-hydrogen) atoms. The van der Waals surface area contributed by atoms with Crippen molar-refractivity contribution in [3.8, 4) is 5.75 Å². The van der Waals surface area contributed by atoms with Crippen LogP contribution in [0.5, 0.6) is 5.75 Å². The average Bonchev–Trinajstić information content (AvgIpc) is 2.62. The summed E-state index contributed by atoms with van der Waals surface area (Å²) in [5.74, 6) is 0.713. The monoisotopic (exact) mass is 310 g/mol. The van der Waals surface area contributed by atoms with Gasteiger partial charge >= 0.3 is 0 Å². The van der Waals surface area contributed by atoms with Crippen LogP contribution in [-0.2, 0) is 6.61 Å². The number of benzene rings is 2. The molecular weight excluding hydrogens is 288 g/mol. The molecule has 2 aromatic carbocycles. The summed E-state index contributed by atoms with van der Waals surface area (Å²) in [5.41, 5.74) is 4.75. The molecule has 1 heterocycles. The molecule has 0 aromatic heterocycles. The number of piperidine rings is 1. The van der Waals surface area contributed by atoms with E-state index >= 15 is 0 Å². The zero-order valence-corrected chi connectivity index (χ0v) is 13.2. The highest BCUT2D eigenvalue weighted by Crippen LogP contribution is 2.15. The van der Waals surface area contributed by atoms with Crippen LogP contribution in [0.25, 0.3) is 0 Å². The van der Waals surface area contributed by atoms with Gasteiger partial charge in [0.2, 0.25) is 0 Å². The molecule has 0 bridgehead atoms. The second-order valence-corrected chi connectivity index (χ2v) is 5.79. The number of nitrogens with zero attached hydrogens (tertiary/aromatic N) is 1. The van der Waals surface area contributed by atoms with Crippen molar-refractivity contribution in [1.82, 2.24) is 10.4 Å². The van der Waals surface area contributed by atoms with Gasteiger partial charge in [-0.05, 0) is 42.7 Å². The maximum absolute atomic E-state index is 12.2. The number of hydrogen-bond donors (Lipinski definition) is 1. The molecule has 0 atom stereocenters. The minimum atomic E-state index is -0.0542. The van der Waals surface area contributed by atoms with Gasteiger partial charge in [-0.1, -0.05) is 36.8 Å². The molecule has 1 fully saturated rings. The zero-order valence-electron chi connectivity index (χ0n) is 13.2. The van der Waals surface area contributed by atoms with Gasteiger partial charge < -0.3 is 4.74 Å². The Kier molecular flexibility index (Phi) is 5.27. The molecule has 4 nitrogen and oxygen atoms in total. The quantitative estimate of drug-likeness (QED) is 0.920. The summed E-state index contributed by atoms with van der Waals surface area (Å²) in [6.45, 7) is 2.40. The van der Waals surface area contributed by atoms with E-state index in [2.05, 4.69) is 5.43 Å². The fourth-order valence-corrected chi connectivity index (χ4v) is 2.66. The molecule has 0 aliphatic carbocycles. The molecule has 0 saturated carbocycles. The van der Waals surface area contributed by atoms with Crippen molar-refractivity contribution in [2.24, 2.45) is 0 Å². The summed E-state index contributed by atoms with van der Waals surface area (Å²) in [6.07, 6.45) is 3.54. The van der Waals surface area contributed by atoms with Crippen molar-refractivity contribution in [2.75, 3.05) is 13.1 Å². The summed E-state index contributed by atoms with van der Waals surface area (Å²) in [4.78, 5) is 12.2. The number of hydrazine groups is 1. The van der Waals surface area contributed by atoms with Crippen molar-refractivity contribution < 1.29 is 9.53 Å². The summed E-state index contributed by atoms with van der Waals surface area (Å²) in [6, 6.07) is 17.3. The third kappa shape index (κ3) is 4.57. The fraction of sp³-hybridized carbons (Fsp3) is 0.316. The molecule has 0 spiro atoms. The number of amides is 1. The maximum Gasteiger partial charge on any atom is 0.265 e. The van der Waals surface area contributed by atoms with Gasteiger partial charge in [0.05, 0.1) is 0 Å². The van der Waals surface area contributed by atoms with E-state index in [1.165, 1.54) is 6.42 Å². The standard InChI is InChI=1S/C19H22N2O2/c22-19(20-21-13-5-2-6-14-21)17-9-11-18(12-10-17)23-15-16-7-3-1-4-8-16/h1,3-4,7-12H,2,5-6,13-15H2,(H,20,22). The molecule has 2 aromatic rings. The minimum Gasteiger partial charge on any atom is -0.489 e. The van der Waals surface area contributed by atoms with E-state index in [0.717, 1.165) is 37.2 Å². The van der Waals surface area contributed by atoms with E-state index in [9.17, 15) is 4.79 Å². The lowest BCUT2D eigenvalue weighted by Crippen LogP contribution is -2.45. The Morgan fingerprint density at radius 3 is 2.35 bits per heavy atom. The zero-order chi connectivity index (χ0) is 15.9. The van der Waals surface area contributed by atoms with E-state index in [-0.39, 0.29) is 5.91 Å². The van der Waals surface area contributed by atoms with E-state index in [4.69, 9.17) is 4.74 Å². The van der Waals surface area contributed by atoms with Gasteiger partial charge in [0.1, 0.15) is 12.4 Å². The van der Waals surface area contributed by atoms with Gasteiger partial charge in [-0.15, -0.1) is 0 Å². The van der Waals surface area contributed by atoms with E-state index in [1.807, 2.05) is 47.5 Å². The Morgan fingerprint density at radius 1 is 0.957 bits per heavy atom. The Morgan fingerprint density at radius 2 is 1.65 bits per heavy atom. The SMILES string of the molecule is O=C(NN1CCCCC1)c1ccc(OCc2ccccc2)cc1. The van der Waals surface area contributed by atoms with Gasteiger partial charge in [-0.2, -0.15) is 0 Å². The van der Waals surface area contributed by atoms with Crippen LogP contribution in [0.2, 0.25) is 0 Å². The number of hydrogen-bond acceptors (Lipinski definition) is 3. The number of nitrogens with one attached hydrogen (secondary N) is 1. The lowest BCUT2D eigenvalue weighted by atomic mass is 10.1. The summed E-state index contributed by atoms with van der Waals surface area (Å²) in [5, 5.41) is 2.01. The highest BCUT2D eigenvalue weighted by Gasteiger charge is 2.13. The van der Waals surface area contributed by atoms with Crippen molar-refractivity contribution in [3.05, 3.63) is 65.7 Å². The highest BCUT2D eigenvalue weighted by atomic mass is 16.5. The molecule has 0 radical (unpaired) electrons. The van der Waals surface area contributed by atoms with Crippen LogP contribution in [-0.4, -0.2) is 24.0 Å². The minimum absolute atomic E-state index is 0.0542. The van der Waals surface area contributed by atoms with Crippen molar-refractivity contribution in [2.45, 2.75) is 25.9 Å². The largest absolute Gasteiger partial charge is 0.489 e. The molecule has 0 unspecified atom stereocenters. The summed E-state index contributed by atoms with van der Waals surface area (Å²) < 4.78 is 5.73. The van der Waals surface area contributed by atoms with Gasteiger partial charge in [0.25, 0.3) is 5.91 Å². The Balaban J connectivity index is 1.52. The van der Waals surface area contributed by atoms with E-state index in [1.54, 1.807) is 12.1 Å². The Labute approximate surface area is 137 Å². The van der Waals surface area contributed by atoms with E-state index < -0.39 is 0 Å². The first-order valence-electron chi connectivity index (χ1n) is 8.14. The summed E-state index contributed by atoms with van der Waals surface area (Å²) >= 11 is 0. The third-order valence-corrected chi connectivity index (χ3v) is 3.98. The number of rotatable bonds is 5. The molecule has 3 rings (SSSR count). The average molecular weight is 310 g/mol. The van der Waals surface area contributed by atoms with Gasteiger partial charge in [-0.25, -0.2) is 5.01 Å². The molecule has 1 saturated heterocycles. The molecule has 1 aliphatic heterocycles. The van der Waals surface area contributed by atoms with Crippen LogP contribution in [0.15, 0.2) is 54.6 Å². The van der Waals surface area contributed by atoms with E-state index in [0.29, 0.717) is 12.2 Å². The van der Waals surface area contributed by atoms with Gasteiger partial charge in [0.15, 0.2) is 0 Å². The van der Waals surface area contributed by atoms with Crippen LogP contribution in [0.4, 0.5) is 0 Å². The third-order valence-electron chi connectivity index (χ3n) is 3.98. The molecule has 1 aliphatic rings. The number of ether oxygens (including phenoxy) is 1. The van der Waals surface area contributed by atoms with Crippen LogP contribution >= 0.6 is 0 Å². The normalized spacial score (nSPS) is 15.1. The predicted molar refractivity (Wildman–Crippen MR) is 90.1 cm³/mol. The molecule has 1 N–H and O–H groups in total. The smallest absolute Gasteiger partial charge is 0.265 e. The second kappa shape index (κ2) is 7.79. The van der Waals surface area contributed by atoms with Gasteiger partial charge in [0, 0.05) is 18.7 Å². The summed E-state index contributed by atoms with van der Waals surface area (Å²) in [7, 11) is 0. The first-order chi connectivity index (χ1) is 11.3. The molecule has 1 amide bonds. The second-order valence-electron chi connectivity index (χ2n) is 5.79. The first kappa shape index (κ1) is 15.6. The lowest BCUT2D eigenvalue weighted by Gasteiger charge is -2.26. The Hall–Kier alpha value is -2.33. The maximum atomic E-state index is 12.2. The van der Waals surface area contributed by atoms with Crippen LogP contribution in [0, 0.1) is 0 Å². The fourth-order valence-electron chi connectivity index (χ4n) is 2.66. The van der Waals surface area contributed by atoms with Crippen molar-refractivity contribution >= 4 is 5.91 Å². The molecular formula is C19H22N2O2. The predicted octanol–water partition coefficient (Wildman–Crippen LogP) is 3.40. The molecule has 4 heteroatoms. The van der Waals surface area contributed by atoms with Gasteiger partial charge in [-0.3, -0.25) is 10.2 Å². The van der Waals surface area contributed by atoms with Crippen LogP contribution in [0.3, 0.4) is 0 Å². The topological polar surface area (TPSA) is 41.6 Å².